The van der Waals surface area contributed by atoms with Gasteiger partial charge in [0.1, 0.15) is 5.75 Å². The summed E-state index contributed by atoms with van der Waals surface area (Å²) in [7, 11) is 1.62. The lowest BCUT2D eigenvalue weighted by atomic mass is 10.1. The van der Waals surface area contributed by atoms with E-state index in [1.165, 1.54) is 0 Å². The molecule has 1 aromatic rings. The summed E-state index contributed by atoms with van der Waals surface area (Å²) in [6.45, 7) is 1.52. The zero-order chi connectivity index (χ0) is 13.0. The molecule has 1 fully saturated rings. The maximum atomic E-state index is 10.0. The third-order valence-corrected chi connectivity index (χ3v) is 3.63. The first-order valence-corrected chi connectivity index (χ1v) is 6.33. The lowest BCUT2D eigenvalue weighted by Gasteiger charge is -2.16. The maximum Gasteiger partial charge on any atom is 0.118 e. The van der Waals surface area contributed by atoms with E-state index in [0.717, 1.165) is 30.7 Å². The molecule has 1 aliphatic carbocycles. The molecule has 1 unspecified atom stereocenters. The Kier molecular flexibility index (Phi) is 4.22. The van der Waals surface area contributed by atoms with Gasteiger partial charge in [-0.15, -0.1) is 0 Å². The number of hydrogen-bond acceptors (Lipinski definition) is 4. The van der Waals surface area contributed by atoms with Gasteiger partial charge in [0.15, 0.2) is 0 Å². The van der Waals surface area contributed by atoms with E-state index < -0.39 is 6.10 Å². The van der Waals surface area contributed by atoms with Crippen LogP contribution in [0.25, 0.3) is 0 Å². The van der Waals surface area contributed by atoms with E-state index in [2.05, 4.69) is 5.32 Å². The molecule has 0 amide bonds. The molecule has 0 aliphatic heterocycles. The van der Waals surface area contributed by atoms with Crippen LogP contribution < -0.4 is 10.1 Å². The van der Waals surface area contributed by atoms with Crippen LogP contribution in [0.3, 0.4) is 0 Å². The fourth-order valence-electron chi connectivity index (χ4n) is 1.99. The van der Waals surface area contributed by atoms with E-state index >= 15 is 0 Å². The molecule has 0 aromatic heterocycles. The Bertz CT molecular complexity index is 373. The van der Waals surface area contributed by atoms with Gasteiger partial charge >= 0.3 is 0 Å². The van der Waals surface area contributed by atoms with Crippen LogP contribution in [0, 0.1) is 5.41 Å². The molecular weight excluding hydrogens is 230 g/mol. The van der Waals surface area contributed by atoms with Crippen LogP contribution in [-0.2, 0) is 0 Å². The van der Waals surface area contributed by atoms with E-state index in [9.17, 15) is 10.2 Å². The first-order chi connectivity index (χ1) is 8.69. The quantitative estimate of drug-likeness (QED) is 0.679. The summed E-state index contributed by atoms with van der Waals surface area (Å²) in [4.78, 5) is 0. The van der Waals surface area contributed by atoms with E-state index in [0.29, 0.717) is 6.54 Å². The van der Waals surface area contributed by atoms with Gasteiger partial charge in [-0.1, -0.05) is 12.1 Å². The summed E-state index contributed by atoms with van der Waals surface area (Å²) >= 11 is 0. The fraction of sp³-hybridized carbons (Fsp3) is 0.571. The maximum absolute atomic E-state index is 10.0. The molecule has 0 spiro atoms. The normalized spacial score (nSPS) is 18.4. The predicted octanol–water partition coefficient (Wildman–Crippen LogP) is 1.09. The van der Waals surface area contributed by atoms with Crippen LogP contribution in [0.1, 0.15) is 24.5 Å². The van der Waals surface area contributed by atoms with Gasteiger partial charge in [-0.05, 0) is 30.5 Å². The second-order valence-electron chi connectivity index (χ2n) is 5.08. The highest BCUT2D eigenvalue weighted by Crippen LogP contribution is 2.44. The SMILES string of the molecule is COc1ccc(C(O)CNCC2(CO)CC2)cc1. The van der Waals surface area contributed by atoms with Crippen molar-refractivity contribution in [1.29, 1.82) is 0 Å². The molecular formula is C14H21NO3. The van der Waals surface area contributed by atoms with Gasteiger partial charge in [0, 0.05) is 25.1 Å². The zero-order valence-electron chi connectivity index (χ0n) is 10.7. The van der Waals surface area contributed by atoms with Gasteiger partial charge in [-0.3, -0.25) is 0 Å². The molecule has 0 heterocycles. The number of aliphatic hydroxyl groups excluding tert-OH is 2. The van der Waals surface area contributed by atoms with Gasteiger partial charge in [0.05, 0.1) is 13.2 Å². The van der Waals surface area contributed by atoms with Crippen molar-refractivity contribution < 1.29 is 14.9 Å². The van der Waals surface area contributed by atoms with E-state index in [1.807, 2.05) is 24.3 Å². The predicted molar refractivity (Wildman–Crippen MR) is 69.6 cm³/mol. The van der Waals surface area contributed by atoms with Gasteiger partial charge in [-0.25, -0.2) is 0 Å². The summed E-state index contributed by atoms with van der Waals surface area (Å²) in [5.74, 6) is 0.788. The van der Waals surface area contributed by atoms with Crippen molar-refractivity contribution in [2.75, 3.05) is 26.8 Å². The Balaban J connectivity index is 1.78. The Morgan fingerprint density at radius 2 is 2.00 bits per heavy atom. The highest BCUT2D eigenvalue weighted by molar-refractivity contribution is 5.28. The van der Waals surface area contributed by atoms with Gasteiger partial charge in [0.25, 0.3) is 0 Å². The summed E-state index contributed by atoms with van der Waals surface area (Å²) in [6, 6.07) is 7.41. The van der Waals surface area contributed by atoms with Crippen LogP contribution in [0.2, 0.25) is 0 Å². The lowest BCUT2D eigenvalue weighted by molar-refractivity contribution is 0.162. The minimum atomic E-state index is -0.523. The number of hydrogen-bond donors (Lipinski definition) is 3. The molecule has 0 saturated heterocycles. The topological polar surface area (TPSA) is 61.7 Å². The van der Waals surface area contributed by atoms with Crippen LogP contribution in [0.15, 0.2) is 24.3 Å². The lowest BCUT2D eigenvalue weighted by Crippen LogP contribution is -2.30. The largest absolute Gasteiger partial charge is 0.497 e. The number of aliphatic hydroxyl groups is 2. The van der Waals surface area contributed by atoms with E-state index in [4.69, 9.17) is 4.74 Å². The van der Waals surface area contributed by atoms with Crippen LogP contribution in [0.4, 0.5) is 0 Å². The minimum Gasteiger partial charge on any atom is -0.497 e. The van der Waals surface area contributed by atoms with E-state index in [-0.39, 0.29) is 12.0 Å². The first kappa shape index (κ1) is 13.3. The monoisotopic (exact) mass is 251 g/mol. The molecule has 4 heteroatoms. The molecule has 18 heavy (non-hydrogen) atoms. The van der Waals surface area contributed by atoms with Gasteiger partial charge in [0.2, 0.25) is 0 Å². The molecule has 0 radical (unpaired) electrons. The third kappa shape index (κ3) is 3.22. The number of rotatable bonds is 7. The molecule has 4 nitrogen and oxygen atoms in total. The van der Waals surface area contributed by atoms with Crippen molar-refractivity contribution in [3.8, 4) is 5.75 Å². The number of methoxy groups -OCH3 is 1. The van der Waals surface area contributed by atoms with Crippen molar-refractivity contribution in [1.82, 2.24) is 5.32 Å². The van der Waals surface area contributed by atoms with Gasteiger partial charge in [-0.2, -0.15) is 0 Å². The highest BCUT2D eigenvalue weighted by atomic mass is 16.5. The molecule has 1 saturated carbocycles. The molecule has 1 atom stereocenters. The van der Waals surface area contributed by atoms with Crippen molar-refractivity contribution in [3.63, 3.8) is 0 Å². The number of benzene rings is 1. The van der Waals surface area contributed by atoms with E-state index in [1.54, 1.807) is 7.11 Å². The van der Waals surface area contributed by atoms with Crippen molar-refractivity contribution in [3.05, 3.63) is 29.8 Å². The summed E-state index contributed by atoms with van der Waals surface area (Å²) in [5.41, 5.74) is 0.955. The van der Waals surface area contributed by atoms with Crippen molar-refractivity contribution in [2.45, 2.75) is 18.9 Å². The molecule has 100 valence electrons. The Morgan fingerprint density at radius 3 is 2.50 bits per heavy atom. The van der Waals surface area contributed by atoms with Crippen LogP contribution in [0.5, 0.6) is 5.75 Å². The zero-order valence-corrected chi connectivity index (χ0v) is 10.7. The molecule has 1 aliphatic rings. The van der Waals surface area contributed by atoms with Crippen LogP contribution in [-0.4, -0.2) is 37.0 Å². The fourth-order valence-corrected chi connectivity index (χ4v) is 1.99. The standard InChI is InChI=1S/C14H21NO3/c1-18-12-4-2-11(3-5-12)13(17)8-15-9-14(10-16)6-7-14/h2-5,13,15-17H,6-10H2,1H3. The molecule has 3 N–H and O–H groups in total. The average molecular weight is 251 g/mol. The molecule has 2 rings (SSSR count). The Hall–Kier alpha value is -1.10. The second kappa shape index (κ2) is 5.69. The molecule has 0 bridgehead atoms. The smallest absolute Gasteiger partial charge is 0.118 e. The second-order valence-corrected chi connectivity index (χ2v) is 5.08. The minimum absolute atomic E-state index is 0.0830. The molecule has 1 aromatic carbocycles. The first-order valence-electron chi connectivity index (χ1n) is 6.33. The number of nitrogens with one attached hydrogen (secondary N) is 1. The third-order valence-electron chi connectivity index (χ3n) is 3.63. The summed E-state index contributed by atoms with van der Waals surface area (Å²) in [5, 5.41) is 22.4. The number of ether oxygens (including phenoxy) is 1. The summed E-state index contributed by atoms with van der Waals surface area (Å²) < 4.78 is 5.07. The Labute approximate surface area is 108 Å². The van der Waals surface area contributed by atoms with Gasteiger partial charge < -0.3 is 20.3 Å². The van der Waals surface area contributed by atoms with Crippen LogP contribution >= 0.6 is 0 Å². The van der Waals surface area contributed by atoms with Crippen molar-refractivity contribution >= 4 is 0 Å². The highest BCUT2D eigenvalue weighted by Gasteiger charge is 2.41. The average Bonchev–Trinajstić information content (AvgIpc) is 3.19. The summed E-state index contributed by atoms with van der Waals surface area (Å²) in [6.07, 6.45) is 1.63. The Morgan fingerprint density at radius 1 is 1.33 bits per heavy atom. The van der Waals surface area contributed by atoms with Crippen molar-refractivity contribution in [2.24, 2.45) is 5.41 Å².